The second-order valence-corrected chi connectivity index (χ2v) is 4.46. The summed E-state index contributed by atoms with van der Waals surface area (Å²) < 4.78 is 10.1. The summed E-state index contributed by atoms with van der Waals surface area (Å²) in [6.45, 7) is 1.41. The average molecular weight is 280 g/mol. The van der Waals surface area contributed by atoms with Crippen molar-refractivity contribution in [3.63, 3.8) is 0 Å². The van der Waals surface area contributed by atoms with Crippen LogP contribution in [0.4, 0.5) is 11.4 Å². The Balaban J connectivity index is 2.13. The van der Waals surface area contributed by atoms with E-state index in [2.05, 4.69) is 4.74 Å². The van der Waals surface area contributed by atoms with E-state index in [1.807, 2.05) is 4.90 Å². The number of hydrogen-bond donors (Lipinski definition) is 0. The van der Waals surface area contributed by atoms with Gasteiger partial charge in [0.15, 0.2) is 0 Å². The molecule has 2 rings (SSSR count). The number of carbonyl (C=O) groups is 1. The van der Waals surface area contributed by atoms with E-state index in [1.54, 1.807) is 18.2 Å². The maximum Gasteiger partial charge on any atom is 0.308 e. The molecule has 108 valence electrons. The number of nitro groups is 1. The number of rotatable bonds is 4. The normalized spacial score (nSPS) is 18.6. The SMILES string of the molecule is COC(=O)CC1CN(c2ccccc2[N+](=O)[O-])CCO1. The Morgan fingerprint density at radius 1 is 1.55 bits per heavy atom. The van der Waals surface area contributed by atoms with Crippen molar-refractivity contribution in [2.75, 3.05) is 31.7 Å². The summed E-state index contributed by atoms with van der Waals surface area (Å²) in [7, 11) is 1.32. The minimum atomic E-state index is -0.403. The van der Waals surface area contributed by atoms with Gasteiger partial charge in [-0.25, -0.2) is 0 Å². The van der Waals surface area contributed by atoms with Crippen LogP contribution in [0, 0.1) is 10.1 Å². The van der Waals surface area contributed by atoms with Crippen molar-refractivity contribution < 1.29 is 19.2 Å². The molecule has 0 bridgehead atoms. The third-order valence-electron chi connectivity index (χ3n) is 3.18. The molecule has 7 heteroatoms. The van der Waals surface area contributed by atoms with Crippen molar-refractivity contribution in [3.05, 3.63) is 34.4 Å². The summed E-state index contributed by atoms with van der Waals surface area (Å²) in [5, 5.41) is 11.0. The van der Waals surface area contributed by atoms with Crippen LogP contribution in [0.2, 0.25) is 0 Å². The molecule has 0 spiro atoms. The molecule has 0 aromatic heterocycles. The molecule has 1 aliphatic rings. The predicted molar refractivity (Wildman–Crippen MR) is 71.7 cm³/mol. The fourth-order valence-corrected chi connectivity index (χ4v) is 2.22. The standard InChI is InChI=1S/C13H16N2O5/c1-19-13(16)8-10-9-14(6-7-20-10)11-4-2-3-5-12(11)15(17)18/h2-5,10H,6-9H2,1H3. The fourth-order valence-electron chi connectivity index (χ4n) is 2.22. The number of nitro benzene ring substituents is 1. The molecule has 0 amide bonds. The molecule has 1 fully saturated rings. The van der Waals surface area contributed by atoms with E-state index in [-0.39, 0.29) is 24.2 Å². The van der Waals surface area contributed by atoms with Crippen LogP contribution < -0.4 is 4.90 Å². The predicted octanol–water partition coefficient (Wildman–Crippen LogP) is 1.36. The van der Waals surface area contributed by atoms with E-state index >= 15 is 0 Å². The van der Waals surface area contributed by atoms with Crippen LogP contribution in [0.25, 0.3) is 0 Å². The van der Waals surface area contributed by atoms with E-state index in [9.17, 15) is 14.9 Å². The topological polar surface area (TPSA) is 81.9 Å². The maximum atomic E-state index is 11.3. The van der Waals surface area contributed by atoms with Gasteiger partial charge in [-0.2, -0.15) is 0 Å². The average Bonchev–Trinajstić information content (AvgIpc) is 2.47. The number of morpholine rings is 1. The Bertz CT molecular complexity index is 505. The quantitative estimate of drug-likeness (QED) is 0.470. The van der Waals surface area contributed by atoms with Crippen molar-refractivity contribution in [3.8, 4) is 0 Å². The van der Waals surface area contributed by atoms with E-state index < -0.39 is 4.92 Å². The smallest absolute Gasteiger partial charge is 0.308 e. The molecule has 0 radical (unpaired) electrons. The van der Waals surface area contributed by atoms with Gasteiger partial charge in [0.2, 0.25) is 0 Å². The molecular weight excluding hydrogens is 264 g/mol. The Hall–Kier alpha value is -2.15. The van der Waals surface area contributed by atoms with Crippen molar-refractivity contribution in [2.24, 2.45) is 0 Å². The lowest BCUT2D eigenvalue weighted by Crippen LogP contribution is -2.43. The zero-order chi connectivity index (χ0) is 14.5. The van der Waals surface area contributed by atoms with Gasteiger partial charge in [-0.1, -0.05) is 12.1 Å². The van der Waals surface area contributed by atoms with Crippen LogP contribution in [0.15, 0.2) is 24.3 Å². The number of nitrogens with zero attached hydrogens (tertiary/aromatic N) is 2. The largest absolute Gasteiger partial charge is 0.469 e. The van der Waals surface area contributed by atoms with E-state index in [0.29, 0.717) is 25.4 Å². The molecule has 0 N–H and O–H groups in total. The summed E-state index contributed by atoms with van der Waals surface area (Å²) in [5.41, 5.74) is 0.613. The number of benzene rings is 1. The Morgan fingerprint density at radius 2 is 2.30 bits per heavy atom. The minimum Gasteiger partial charge on any atom is -0.469 e. The molecule has 0 aliphatic carbocycles. The van der Waals surface area contributed by atoms with Gasteiger partial charge < -0.3 is 14.4 Å². The lowest BCUT2D eigenvalue weighted by Gasteiger charge is -2.33. The first-order valence-corrected chi connectivity index (χ1v) is 6.28. The number of hydrogen-bond acceptors (Lipinski definition) is 6. The third-order valence-corrected chi connectivity index (χ3v) is 3.18. The third kappa shape index (κ3) is 3.24. The highest BCUT2D eigenvalue weighted by atomic mass is 16.6. The van der Waals surface area contributed by atoms with Crippen molar-refractivity contribution >= 4 is 17.3 Å². The van der Waals surface area contributed by atoms with Gasteiger partial charge in [-0.15, -0.1) is 0 Å². The van der Waals surface area contributed by atoms with Gasteiger partial charge in [0.05, 0.1) is 31.2 Å². The summed E-state index contributed by atoms with van der Waals surface area (Å²) in [4.78, 5) is 23.8. The molecular formula is C13H16N2O5. The number of ether oxygens (including phenoxy) is 2. The van der Waals surface area contributed by atoms with Crippen LogP contribution in [-0.2, 0) is 14.3 Å². The molecule has 20 heavy (non-hydrogen) atoms. The number of para-hydroxylation sites is 2. The molecule has 1 saturated heterocycles. The highest BCUT2D eigenvalue weighted by Gasteiger charge is 2.27. The van der Waals surface area contributed by atoms with Gasteiger partial charge in [-0.3, -0.25) is 14.9 Å². The number of methoxy groups -OCH3 is 1. The highest BCUT2D eigenvalue weighted by molar-refractivity contribution is 5.70. The van der Waals surface area contributed by atoms with Crippen LogP contribution in [0.3, 0.4) is 0 Å². The van der Waals surface area contributed by atoms with Gasteiger partial charge in [0.25, 0.3) is 5.69 Å². The van der Waals surface area contributed by atoms with Crippen LogP contribution >= 0.6 is 0 Å². The molecule has 0 saturated carbocycles. The first kappa shape index (κ1) is 14.3. The molecule has 7 nitrogen and oxygen atoms in total. The molecule has 1 atom stereocenters. The summed E-state index contributed by atoms with van der Waals surface area (Å²) in [5.74, 6) is -0.348. The first-order valence-electron chi connectivity index (χ1n) is 6.28. The lowest BCUT2D eigenvalue weighted by atomic mass is 10.1. The Labute approximate surface area is 116 Å². The van der Waals surface area contributed by atoms with Crippen LogP contribution in [0.5, 0.6) is 0 Å². The van der Waals surface area contributed by atoms with Gasteiger partial charge in [-0.05, 0) is 6.07 Å². The minimum absolute atomic E-state index is 0.0613. The van der Waals surface area contributed by atoms with Crippen molar-refractivity contribution in [1.29, 1.82) is 0 Å². The summed E-state index contributed by atoms with van der Waals surface area (Å²) in [6, 6.07) is 6.57. The second-order valence-electron chi connectivity index (χ2n) is 4.46. The zero-order valence-electron chi connectivity index (χ0n) is 11.2. The van der Waals surface area contributed by atoms with Gasteiger partial charge in [0.1, 0.15) is 5.69 Å². The van der Waals surface area contributed by atoms with Crippen molar-refractivity contribution in [2.45, 2.75) is 12.5 Å². The number of esters is 1. The first-order chi connectivity index (χ1) is 9.61. The summed E-state index contributed by atoms with van der Waals surface area (Å²) >= 11 is 0. The fraction of sp³-hybridized carbons (Fsp3) is 0.462. The molecule has 1 heterocycles. The maximum absolute atomic E-state index is 11.3. The van der Waals surface area contributed by atoms with Gasteiger partial charge in [0, 0.05) is 19.2 Å². The Morgan fingerprint density at radius 3 is 3.00 bits per heavy atom. The van der Waals surface area contributed by atoms with Crippen LogP contribution in [0.1, 0.15) is 6.42 Å². The second kappa shape index (κ2) is 6.33. The monoisotopic (exact) mass is 280 g/mol. The Kier molecular flexibility index (Phi) is 4.52. The molecule has 1 unspecified atom stereocenters. The van der Waals surface area contributed by atoms with Crippen molar-refractivity contribution in [1.82, 2.24) is 0 Å². The number of anilines is 1. The number of carbonyl (C=O) groups excluding carboxylic acids is 1. The molecule has 1 aromatic carbocycles. The zero-order valence-corrected chi connectivity index (χ0v) is 11.2. The van der Waals surface area contributed by atoms with Gasteiger partial charge >= 0.3 is 5.97 Å². The van der Waals surface area contributed by atoms with E-state index in [4.69, 9.17) is 4.74 Å². The van der Waals surface area contributed by atoms with E-state index in [0.717, 1.165) is 0 Å². The lowest BCUT2D eigenvalue weighted by molar-refractivity contribution is -0.384. The van der Waals surface area contributed by atoms with E-state index in [1.165, 1.54) is 13.2 Å². The summed E-state index contributed by atoms with van der Waals surface area (Å²) in [6.07, 6.45) is -0.163. The van der Waals surface area contributed by atoms with Crippen LogP contribution in [-0.4, -0.2) is 43.8 Å². The highest BCUT2D eigenvalue weighted by Crippen LogP contribution is 2.29. The molecule has 1 aliphatic heterocycles. The molecule has 1 aromatic rings.